The van der Waals surface area contributed by atoms with Crippen LogP contribution in [0.15, 0.2) is 54.6 Å². The fraction of sp³-hybridized carbons (Fsp3) is 0.400. The molecule has 2 rings (SSSR count). The smallest absolute Gasteiger partial charge is 0.000812 e. The number of hydrogen-bond acceptors (Lipinski definition) is 1. The van der Waals surface area contributed by atoms with Crippen LogP contribution in [0.3, 0.4) is 0 Å². The summed E-state index contributed by atoms with van der Waals surface area (Å²) in [6.07, 6.45) is 2.19. The van der Waals surface area contributed by atoms with E-state index in [4.69, 9.17) is 5.73 Å². The molecule has 1 heteroatoms. The number of rotatable bonds is 5. The van der Waals surface area contributed by atoms with Crippen LogP contribution in [0.1, 0.15) is 49.8 Å². The van der Waals surface area contributed by atoms with E-state index in [9.17, 15) is 0 Å². The average Bonchev–Trinajstić information content (AvgIpc) is 2.48. The Hall–Kier alpha value is -1.60. The largest absolute Gasteiger partial charge is 0.330 e. The zero-order valence-electron chi connectivity index (χ0n) is 13.5. The van der Waals surface area contributed by atoms with Gasteiger partial charge in [0.15, 0.2) is 0 Å². The van der Waals surface area contributed by atoms with Crippen molar-refractivity contribution in [1.82, 2.24) is 0 Å². The van der Waals surface area contributed by atoms with Gasteiger partial charge in [0.2, 0.25) is 0 Å². The first-order valence-electron chi connectivity index (χ1n) is 7.85. The first kappa shape index (κ1) is 15.8. The molecule has 0 saturated carbocycles. The molecule has 0 aliphatic heterocycles. The topological polar surface area (TPSA) is 26.0 Å². The van der Waals surface area contributed by atoms with Gasteiger partial charge in [-0.25, -0.2) is 0 Å². The van der Waals surface area contributed by atoms with E-state index in [1.165, 1.54) is 16.7 Å². The molecule has 0 heterocycles. The van der Waals surface area contributed by atoms with E-state index in [1.54, 1.807) is 0 Å². The molecule has 0 radical (unpaired) electrons. The standard InChI is InChI=1S/C20H27N/c1-20(2,3)19-13-11-17(12-14-19)18(15-21)10-9-16-7-5-4-6-8-16/h4-8,11-14,18H,9-10,15,21H2,1-3H3/t18-/m1/s1. The quantitative estimate of drug-likeness (QED) is 0.847. The Labute approximate surface area is 129 Å². The fourth-order valence-corrected chi connectivity index (χ4v) is 2.66. The molecule has 0 fully saturated rings. The molecular formula is C20H27N. The molecular weight excluding hydrogens is 254 g/mol. The SMILES string of the molecule is CC(C)(C)c1ccc([C@@H](CN)CCc2ccccc2)cc1. The van der Waals surface area contributed by atoms with Crippen molar-refractivity contribution in [3.8, 4) is 0 Å². The molecule has 21 heavy (non-hydrogen) atoms. The van der Waals surface area contributed by atoms with E-state index < -0.39 is 0 Å². The van der Waals surface area contributed by atoms with Gasteiger partial charge in [0.05, 0.1) is 0 Å². The Kier molecular flexibility index (Phi) is 5.19. The molecule has 0 spiro atoms. The monoisotopic (exact) mass is 281 g/mol. The summed E-state index contributed by atoms with van der Waals surface area (Å²) in [5.41, 5.74) is 10.3. The molecule has 1 nitrogen and oxygen atoms in total. The minimum atomic E-state index is 0.209. The van der Waals surface area contributed by atoms with Crippen LogP contribution < -0.4 is 5.73 Å². The van der Waals surface area contributed by atoms with E-state index in [2.05, 4.69) is 75.4 Å². The fourth-order valence-electron chi connectivity index (χ4n) is 2.66. The molecule has 0 bridgehead atoms. The number of aryl methyl sites for hydroxylation is 1. The highest BCUT2D eigenvalue weighted by Gasteiger charge is 2.15. The predicted octanol–water partition coefficient (Wildman–Crippen LogP) is 4.66. The molecule has 0 aliphatic rings. The maximum Gasteiger partial charge on any atom is -0.000812 e. The summed E-state index contributed by atoms with van der Waals surface area (Å²) in [6, 6.07) is 19.7. The molecule has 2 aromatic rings. The summed E-state index contributed by atoms with van der Waals surface area (Å²) in [5.74, 6) is 0.444. The van der Waals surface area contributed by atoms with E-state index >= 15 is 0 Å². The van der Waals surface area contributed by atoms with Crippen molar-refractivity contribution in [2.75, 3.05) is 6.54 Å². The van der Waals surface area contributed by atoms with Gasteiger partial charge in [-0.15, -0.1) is 0 Å². The molecule has 2 N–H and O–H groups in total. The van der Waals surface area contributed by atoms with Crippen molar-refractivity contribution in [2.45, 2.75) is 44.9 Å². The average molecular weight is 281 g/mol. The van der Waals surface area contributed by atoms with Crippen LogP contribution in [0, 0.1) is 0 Å². The minimum Gasteiger partial charge on any atom is -0.330 e. The van der Waals surface area contributed by atoms with Gasteiger partial charge in [-0.2, -0.15) is 0 Å². The summed E-state index contributed by atoms with van der Waals surface area (Å²) in [5, 5.41) is 0. The second-order valence-corrected chi connectivity index (χ2v) is 6.83. The lowest BCUT2D eigenvalue weighted by atomic mass is 9.85. The molecule has 0 unspecified atom stereocenters. The summed E-state index contributed by atoms with van der Waals surface area (Å²) in [4.78, 5) is 0. The van der Waals surface area contributed by atoms with Crippen molar-refractivity contribution in [2.24, 2.45) is 5.73 Å². The van der Waals surface area contributed by atoms with Crippen LogP contribution >= 0.6 is 0 Å². The Morgan fingerprint density at radius 3 is 2.05 bits per heavy atom. The van der Waals surface area contributed by atoms with Gasteiger partial charge >= 0.3 is 0 Å². The zero-order chi connectivity index (χ0) is 15.3. The van der Waals surface area contributed by atoms with E-state index in [1.807, 2.05) is 0 Å². The maximum atomic E-state index is 5.99. The minimum absolute atomic E-state index is 0.209. The highest BCUT2D eigenvalue weighted by atomic mass is 14.5. The molecule has 2 aromatic carbocycles. The van der Waals surface area contributed by atoms with Gasteiger partial charge in [0.25, 0.3) is 0 Å². The van der Waals surface area contributed by atoms with Crippen molar-refractivity contribution in [3.05, 3.63) is 71.3 Å². The van der Waals surface area contributed by atoms with Crippen LogP contribution in [0.5, 0.6) is 0 Å². The lowest BCUT2D eigenvalue weighted by Crippen LogP contribution is -2.15. The third kappa shape index (κ3) is 4.44. The number of hydrogen-bond donors (Lipinski definition) is 1. The molecule has 0 amide bonds. The lowest BCUT2D eigenvalue weighted by Gasteiger charge is -2.21. The van der Waals surface area contributed by atoms with Gasteiger partial charge in [-0.05, 0) is 47.4 Å². The first-order chi connectivity index (χ1) is 10.0. The van der Waals surface area contributed by atoms with E-state index in [0.29, 0.717) is 12.5 Å². The molecule has 112 valence electrons. The van der Waals surface area contributed by atoms with Gasteiger partial charge < -0.3 is 5.73 Å². The Balaban J connectivity index is 2.04. The number of benzene rings is 2. The molecule has 1 atom stereocenters. The Morgan fingerprint density at radius 1 is 0.905 bits per heavy atom. The summed E-state index contributed by atoms with van der Waals surface area (Å²) in [6.45, 7) is 7.45. The van der Waals surface area contributed by atoms with Gasteiger partial charge in [-0.1, -0.05) is 75.4 Å². The van der Waals surface area contributed by atoms with Gasteiger partial charge in [-0.3, -0.25) is 0 Å². The lowest BCUT2D eigenvalue weighted by molar-refractivity contribution is 0.587. The van der Waals surface area contributed by atoms with Crippen molar-refractivity contribution < 1.29 is 0 Å². The van der Waals surface area contributed by atoms with Crippen LogP contribution in [-0.2, 0) is 11.8 Å². The second-order valence-electron chi connectivity index (χ2n) is 6.83. The Morgan fingerprint density at radius 2 is 1.52 bits per heavy atom. The van der Waals surface area contributed by atoms with Gasteiger partial charge in [0, 0.05) is 0 Å². The van der Waals surface area contributed by atoms with Crippen molar-refractivity contribution >= 4 is 0 Å². The van der Waals surface area contributed by atoms with Crippen LogP contribution in [0.25, 0.3) is 0 Å². The van der Waals surface area contributed by atoms with Gasteiger partial charge in [0.1, 0.15) is 0 Å². The third-order valence-corrected chi connectivity index (χ3v) is 4.16. The summed E-state index contributed by atoms with van der Waals surface area (Å²) in [7, 11) is 0. The van der Waals surface area contributed by atoms with E-state index in [0.717, 1.165) is 12.8 Å². The normalized spacial score (nSPS) is 13.1. The summed E-state index contributed by atoms with van der Waals surface area (Å²) >= 11 is 0. The van der Waals surface area contributed by atoms with Crippen LogP contribution in [0.4, 0.5) is 0 Å². The first-order valence-corrected chi connectivity index (χ1v) is 7.85. The van der Waals surface area contributed by atoms with Crippen LogP contribution in [0.2, 0.25) is 0 Å². The van der Waals surface area contributed by atoms with Crippen LogP contribution in [-0.4, -0.2) is 6.54 Å². The van der Waals surface area contributed by atoms with E-state index in [-0.39, 0.29) is 5.41 Å². The molecule has 0 saturated heterocycles. The highest BCUT2D eigenvalue weighted by molar-refractivity contribution is 5.30. The zero-order valence-corrected chi connectivity index (χ0v) is 13.5. The molecule has 0 aromatic heterocycles. The van der Waals surface area contributed by atoms with Crippen molar-refractivity contribution in [1.29, 1.82) is 0 Å². The third-order valence-electron chi connectivity index (χ3n) is 4.16. The molecule has 0 aliphatic carbocycles. The summed E-state index contributed by atoms with van der Waals surface area (Å²) < 4.78 is 0. The second kappa shape index (κ2) is 6.91. The predicted molar refractivity (Wildman–Crippen MR) is 91.7 cm³/mol. The maximum absolute atomic E-state index is 5.99. The van der Waals surface area contributed by atoms with Crippen molar-refractivity contribution in [3.63, 3.8) is 0 Å². The Bertz CT molecular complexity index is 534. The number of nitrogens with two attached hydrogens (primary N) is 1. The highest BCUT2D eigenvalue weighted by Crippen LogP contribution is 2.26.